The Kier molecular flexibility index (Phi) is 6.66. The van der Waals surface area contributed by atoms with Gasteiger partial charge in [-0.1, -0.05) is 24.3 Å². The number of hydrogen-bond acceptors (Lipinski definition) is 6. The fraction of sp³-hybridized carbons (Fsp3) is 0.333. The second kappa shape index (κ2) is 10.0. The predicted octanol–water partition coefficient (Wildman–Crippen LogP) is 3.19. The number of nitrogens with zero attached hydrogens (tertiary/aromatic N) is 3. The third-order valence-corrected chi connectivity index (χ3v) is 6.87. The van der Waals surface area contributed by atoms with Crippen molar-refractivity contribution in [2.45, 2.75) is 6.42 Å². The molecule has 0 unspecified atom stereocenters. The number of hydrogen-bond donors (Lipinski definition) is 2. The van der Waals surface area contributed by atoms with Crippen LogP contribution in [-0.4, -0.2) is 68.8 Å². The second-order valence-corrected chi connectivity index (χ2v) is 9.01. The first-order valence-corrected chi connectivity index (χ1v) is 12.0. The highest BCUT2D eigenvalue weighted by atomic mass is 19.1. The summed E-state index contributed by atoms with van der Waals surface area (Å²) in [5.74, 6) is -0.530. The molecule has 0 radical (unpaired) electrons. The van der Waals surface area contributed by atoms with E-state index in [1.165, 1.54) is 0 Å². The van der Waals surface area contributed by atoms with E-state index in [-0.39, 0.29) is 11.7 Å². The van der Waals surface area contributed by atoms with Gasteiger partial charge in [-0.3, -0.25) is 9.69 Å². The first kappa shape index (κ1) is 23.3. The van der Waals surface area contributed by atoms with Crippen LogP contribution in [0.4, 0.5) is 15.9 Å². The molecule has 1 fully saturated rings. The molecule has 3 N–H and O–H groups in total. The lowest BCUT2D eigenvalue weighted by Gasteiger charge is -2.36. The Hall–Kier alpha value is -3.49. The van der Waals surface area contributed by atoms with Crippen LogP contribution < -0.4 is 16.0 Å². The number of rotatable bonds is 6. The van der Waals surface area contributed by atoms with Gasteiger partial charge in [0.25, 0.3) is 5.91 Å². The summed E-state index contributed by atoms with van der Waals surface area (Å²) < 4.78 is 20.1. The van der Waals surface area contributed by atoms with E-state index >= 15 is 0 Å². The first-order chi connectivity index (χ1) is 17.0. The van der Waals surface area contributed by atoms with Crippen LogP contribution in [0, 0.1) is 5.95 Å². The zero-order valence-corrected chi connectivity index (χ0v) is 19.9. The van der Waals surface area contributed by atoms with E-state index in [4.69, 9.17) is 10.5 Å². The number of pyridine rings is 1. The maximum absolute atomic E-state index is 14.9. The molecule has 0 atom stereocenters. The molecule has 35 heavy (non-hydrogen) atoms. The Balaban J connectivity index is 1.37. The van der Waals surface area contributed by atoms with Crippen LogP contribution in [0.3, 0.4) is 0 Å². The molecular formula is C27H30FN5O2. The molecule has 1 saturated heterocycles. The summed E-state index contributed by atoms with van der Waals surface area (Å²) in [5.41, 5.74) is 11.5. The van der Waals surface area contributed by atoms with Gasteiger partial charge >= 0.3 is 0 Å². The largest absolute Gasteiger partial charge is 0.383 e. The lowest BCUT2D eigenvalue weighted by atomic mass is 9.94. The van der Waals surface area contributed by atoms with Crippen molar-refractivity contribution in [3.63, 3.8) is 0 Å². The number of carbonyl (C=O) groups excluding carboxylic acids is 1. The zero-order valence-electron chi connectivity index (χ0n) is 19.9. The number of methoxy groups -OCH3 is 1. The van der Waals surface area contributed by atoms with Crippen molar-refractivity contribution in [2.24, 2.45) is 0 Å². The minimum Gasteiger partial charge on any atom is -0.383 e. The van der Waals surface area contributed by atoms with Gasteiger partial charge in [-0.2, -0.15) is 4.39 Å². The van der Waals surface area contributed by atoms with Crippen LogP contribution in [0.25, 0.3) is 22.3 Å². The van der Waals surface area contributed by atoms with E-state index in [2.05, 4.69) is 20.1 Å². The van der Waals surface area contributed by atoms with Gasteiger partial charge in [0, 0.05) is 68.8 Å². The first-order valence-electron chi connectivity index (χ1n) is 12.0. The molecule has 1 aromatic heterocycles. The fourth-order valence-electron chi connectivity index (χ4n) is 4.84. The van der Waals surface area contributed by atoms with Crippen molar-refractivity contribution in [1.82, 2.24) is 15.2 Å². The van der Waals surface area contributed by atoms with Crippen LogP contribution in [-0.2, 0) is 11.2 Å². The summed E-state index contributed by atoms with van der Waals surface area (Å²) in [4.78, 5) is 20.8. The van der Waals surface area contributed by atoms with Crippen molar-refractivity contribution in [3.05, 3.63) is 65.6 Å². The molecule has 2 aliphatic heterocycles. The van der Waals surface area contributed by atoms with Gasteiger partial charge in [0.15, 0.2) is 0 Å². The number of nitrogen functional groups attached to an aromatic ring is 1. The normalized spacial score (nSPS) is 16.2. The van der Waals surface area contributed by atoms with Crippen LogP contribution in [0.2, 0.25) is 0 Å². The molecule has 2 aromatic carbocycles. The van der Waals surface area contributed by atoms with Gasteiger partial charge < -0.3 is 20.7 Å². The average Bonchev–Trinajstić information content (AvgIpc) is 2.88. The molecule has 3 heterocycles. The van der Waals surface area contributed by atoms with Gasteiger partial charge in [-0.05, 0) is 47.4 Å². The van der Waals surface area contributed by atoms with Crippen LogP contribution in [0.15, 0.2) is 48.5 Å². The summed E-state index contributed by atoms with van der Waals surface area (Å²) in [6.45, 7) is 6.18. The number of nitrogens with one attached hydrogen (secondary N) is 1. The smallest absolute Gasteiger partial charge is 0.251 e. The molecule has 0 saturated carbocycles. The number of aromatic nitrogens is 1. The Morgan fingerprint density at radius 3 is 2.49 bits per heavy atom. The molecule has 2 aliphatic rings. The number of benzene rings is 2. The quantitative estimate of drug-likeness (QED) is 0.533. The molecule has 3 aromatic rings. The Labute approximate surface area is 204 Å². The monoisotopic (exact) mass is 475 g/mol. The van der Waals surface area contributed by atoms with Gasteiger partial charge in [-0.15, -0.1) is 0 Å². The lowest BCUT2D eigenvalue weighted by molar-refractivity contribution is 0.0946. The molecule has 7 nitrogen and oxygen atoms in total. The third-order valence-electron chi connectivity index (χ3n) is 6.87. The lowest BCUT2D eigenvalue weighted by Crippen LogP contribution is -2.47. The summed E-state index contributed by atoms with van der Waals surface area (Å²) >= 11 is 0. The van der Waals surface area contributed by atoms with E-state index in [9.17, 15) is 9.18 Å². The van der Waals surface area contributed by atoms with Gasteiger partial charge in [0.05, 0.1) is 6.61 Å². The van der Waals surface area contributed by atoms with Crippen molar-refractivity contribution in [3.8, 4) is 22.3 Å². The van der Waals surface area contributed by atoms with Crippen molar-refractivity contribution < 1.29 is 13.9 Å². The highest BCUT2D eigenvalue weighted by Gasteiger charge is 2.20. The number of nitrogens with two attached hydrogens (primary N) is 1. The topological polar surface area (TPSA) is 83.7 Å². The Bertz CT molecular complexity index is 1220. The molecular weight excluding hydrogens is 445 g/mol. The highest BCUT2D eigenvalue weighted by Crippen LogP contribution is 2.34. The number of amides is 1. The maximum atomic E-state index is 14.9. The number of anilines is 2. The standard InChI is InChI=1S/C27H30FN5O2/c1-35-15-14-32-10-12-33(13-11-32)21-5-2-18(3-6-21)23-17-24(26(29)31-25(23)28)19-4-7-22-20(16-19)8-9-30-27(22)34/h2-7,16-17H,8-15H2,1H3,(H2,29,31)(H,30,34). The Morgan fingerprint density at radius 1 is 1.00 bits per heavy atom. The Morgan fingerprint density at radius 2 is 1.74 bits per heavy atom. The fourth-order valence-corrected chi connectivity index (χ4v) is 4.84. The van der Waals surface area contributed by atoms with E-state index in [1.54, 1.807) is 19.2 Å². The SMILES string of the molecule is COCCN1CCN(c2ccc(-c3cc(-c4ccc5c(c4)CCNC5=O)c(N)nc3F)cc2)CC1. The van der Waals surface area contributed by atoms with Gasteiger partial charge in [0.2, 0.25) is 5.95 Å². The summed E-state index contributed by atoms with van der Waals surface area (Å²) in [5, 5.41) is 2.85. The van der Waals surface area contributed by atoms with E-state index in [1.807, 2.05) is 36.4 Å². The van der Waals surface area contributed by atoms with Crippen molar-refractivity contribution in [2.75, 3.05) is 63.6 Å². The number of halogens is 1. The molecule has 8 heteroatoms. The molecule has 0 bridgehead atoms. The molecule has 0 spiro atoms. The minimum atomic E-state index is -0.594. The molecule has 182 valence electrons. The summed E-state index contributed by atoms with van der Waals surface area (Å²) in [6, 6.07) is 15.3. The van der Waals surface area contributed by atoms with E-state index in [0.29, 0.717) is 23.2 Å². The number of fused-ring (bicyclic) bond motifs is 1. The molecule has 0 aliphatic carbocycles. The summed E-state index contributed by atoms with van der Waals surface area (Å²) in [7, 11) is 1.73. The number of carbonyl (C=O) groups is 1. The van der Waals surface area contributed by atoms with Crippen molar-refractivity contribution >= 4 is 17.4 Å². The number of ether oxygens (including phenoxy) is 1. The average molecular weight is 476 g/mol. The van der Waals surface area contributed by atoms with Gasteiger partial charge in [0.1, 0.15) is 5.82 Å². The van der Waals surface area contributed by atoms with Crippen LogP contribution in [0.1, 0.15) is 15.9 Å². The predicted molar refractivity (Wildman–Crippen MR) is 136 cm³/mol. The molecule has 1 amide bonds. The van der Waals surface area contributed by atoms with Crippen LogP contribution >= 0.6 is 0 Å². The second-order valence-electron chi connectivity index (χ2n) is 9.01. The van der Waals surface area contributed by atoms with Crippen LogP contribution in [0.5, 0.6) is 0 Å². The zero-order chi connectivity index (χ0) is 24.4. The summed E-state index contributed by atoms with van der Waals surface area (Å²) in [6.07, 6.45) is 0.748. The minimum absolute atomic E-state index is 0.0693. The maximum Gasteiger partial charge on any atom is 0.251 e. The number of piperazine rings is 1. The highest BCUT2D eigenvalue weighted by molar-refractivity contribution is 5.97. The third kappa shape index (κ3) is 4.85. The molecule has 5 rings (SSSR count). The van der Waals surface area contributed by atoms with E-state index < -0.39 is 5.95 Å². The van der Waals surface area contributed by atoms with Crippen molar-refractivity contribution in [1.29, 1.82) is 0 Å². The van der Waals surface area contributed by atoms with E-state index in [0.717, 1.165) is 68.1 Å². The van der Waals surface area contributed by atoms with Gasteiger partial charge in [-0.25, -0.2) is 4.98 Å².